The number of hydrogen-bond acceptors (Lipinski definition) is 5. The van der Waals surface area contributed by atoms with Crippen LogP contribution in [0.5, 0.6) is 5.75 Å². The van der Waals surface area contributed by atoms with Gasteiger partial charge in [0.05, 0.1) is 10.7 Å². The fourth-order valence-electron chi connectivity index (χ4n) is 2.32. The molecular formula is C18H11ClF3NO4S. The van der Waals surface area contributed by atoms with E-state index >= 15 is 0 Å². The maximum absolute atomic E-state index is 13.3. The van der Waals surface area contributed by atoms with Crippen LogP contribution in [0.1, 0.15) is 9.67 Å². The van der Waals surface area contributed by atoms with Crippen LogP contribution in [0.2, 0.25) is 5.02 Å². The normalized spacial score (nSPS) is 10.9. The summed E-state index contributed by atoms with van der Waals surface area (Å²) in [6.45, 7) is -3.74. The maximum Gasteiger partial charge on any atom is 0.387 e. The van der Waals surface area contributed by atoms with Gasteiger partial charge in [0.2, 0.25) is 0 Å². The molecule has 1 heterocycles. The largest absolute Gasteiger partial charge is 0.451 e. The first-order valence-electron chi connectivity index (χ1n) is 7.73. The van der Waals surface area contributed by atoms with Gasteiger partial charge in [-0.3, -0.25) is 4.79 Å². The predicted molar refractivity (Wildman–Crippen MR) is 98.8 cm³/mol. The van der Waals surface area contributed by atoms with E-state index in [0.717, 1.165) is 11.3 Å². The highest BCUT2D eigenvalue weighted by Crippen LogP contribution is 2.36. The minimum Gasteiger partial charge on any atom is -0.451 e. The SMILES string of the molecule is O=C(COC(=O)c1sc2cc(F)ccc2c1Cl)Nc1ccccc1OC(F)F. The van der Waals surface area contributed by atoms with Crippen LogP contribution in [0.4, 0.5) is 18.9 Å². The van der Waals surface area contributed by atoms with E-state index < -0.39 is 30.9 Å². The van der Waals surface area contributed by atoms with Crippen LogP contribution in [0.25, 0.3) is 10.1 Å². The number of thiophene rings is 1. The second kappa shape index (κ2) is 8.49. The third kappa shape index (κ3) is 4.55. The lowest BCUT2D eigenvalue weighted by molar-refractivity contribution is -0.119. The van der Waals surface area contributed by atoms with Crippen molar-refractivity contribution in [1.82, 2.24) is 0 Å². The number of alkyl halides is 2. The molecule has 0 saturated carbocycles. The number of ether oxygens (including phenoxy) is 2. The summed E-state index contributed by atoms with van der Waals surface area (Å²) in [6.07, 6.45) is 0. The van der Waals surface area contributed by atoms with Crippen LogP contribution in [-0.4, -0.2) is 25.1 Å². The van der Waals surface area contributed by atoms with E-state index in [1.165, 1.54) is 42.5 Å². The Balaban J connectivity index is 1.65. The molecule has 3 rings (SSSR count). The molecule has 1 N–H and O–H groups in total. The summed E-state index contributed by atoms with van der Waals surface area (Å²) >= 11 is 7.05. The van der Waals surface area contributed by atoms with Gasteiger partial charge in [0.1, 0.15) is 16.4 Å². The van der Waals surface area contributed by atoms with Crippen molar-refractivity contribution in [2.75, 3.05) is 11.9 Å². The number of esters is 1. The highest BCUT2D eigenvalue weighted by Gasteiger charge is 2.20. The molecule has 0 aliphatic heterocycles. The number of para-hydroxylation sites is 2. The Bertz CT molecular complexity index is 1040. The van der Waals surface area contributed by atoms with Crippen molar-refractivity contribution < 1.29 is 32.2 Å². The lowest BCUT2D eigenvalue weighted by Crippen LogP contribution is -2.21. The average Bonchev–Trinajstić information content (AvgIpc) is 2.97. The molecule has 1 aromatic heterocycles. The van der Waals surface area contributed by atoms with Gasteiger partial charge < -0.3 is 14.8 Å². The zero-order valence-corrected chi connectivity index (χ0v) is 15.5. The van der Waals surface area contributed by atoms with Crippen molar-refractivity contribution in [3.05, 3.63) is 58.2 Å². The molecule has 3 aromatic rings. The number of carbonyl (C=O) groups is 2. The Morgan fingerprint density at radius 2 is 1.93 bits per heavy atom. The quantitative estimate of drug-likeness (QED) is 0.554. The minimum absolute atomic E-state index is 0.000723. The van der Waals surface area contributed by atoms with E-state index in [-0.39, 0.29) is 21.3 Å². The fourth-order valence-corrected chi connectivity index (χ4v) is 3.75. The Hall–Kier alpha value is -2.78. The molecule has 0 bridgehead atoms. The van der Waals surface area contributed by atoms with Gasteiger partial charge in [-0.2, -0.15) is 8.78 Å². The van der Waals surface area contributed by atoms with Gasteiger partial charge >= 0.3 is 12.6 Å². The molecule has 0 unspecified atom stereocenters. The first-order valence-corrected chi connectivity index (χ1v) is 8.93. The van der Waals surface area contributed by atoms with Crippen molar-refractivity contribution in [2.45, 2.75) is 6.61 Å². The first-order chi connectivity index (χ1) is 13.3. The Morgan fingerprint density at radius 3 is 2.68 bits per heavy atom. The summed E-state index contributed by atoms with van der Waals surface area (Å²) in [6, 6.07) is 9.46. The maximum atomic E-state index is 13.3. The molecule has 0 atom stereocenters. The highest BCUT2D eigenvalue weighted by molar-refractivity contribution is 7.21. The molecule has 1 amide bonds. The van der Waals surface area contributed by atoms with Crippen LogP contribution in [0.15, 0.2) is 42.5 Å². The lowest BCUT2D eigenvalue weighted by atomic mass is 10.2. The molecule has 10 heteroatoms. The lowest BCUT2D eigenvalue weighted by Gasteiger charge is -2.11. The van der Waals surface area contributed by atoms with Gasteiger partial charge in [0, 0.05) is 10.1 Å². The third-order valence-corrected chi connectivity index (χ3v) is 5.13. The summed E-state index contributed by atoms with van der Waals surface area (Å²) in [5.74, 6) is -2.33. The van der Waals surface area contributed by atoms with Gasteiger partial charge in [-0.1, -0.05) is 23.7 Å². The number of hydrogen-bond donors (Lipinski definition) is 1. The summed E-state index contributed by atoms with van der Waals surface area (Å²) in [5, 5.41) is 2.90. The summed E-state index contributed by atoms with van der Waals surface area (Å²) < 4.78 is 47.7. The molecule has 0 spiro atoms. The van der Waals surface area contributed by atoms with E-state index in [0.29, 0.717) is 10.1 Å². The highest BCUT2D eigenvalue weighted by atomic mass is 35.5. The van der Waals surface area contributed by atoms with Crippen LogP contribution in [0.3, 0.4) is 0 Å². The van der Waals surface area contributed by atoms with Gasteiger partial charge in [0.25, 0.3) is 5.91 Å². The monoisotopic (exact) mass is 429 g/mol. The molecule has 0 aliphatic carbocycles. The molecule has 0 saturated heterocycles. The molecular weight excluding hydrogens is 419 g/mol. The molecule has 2 aromatic carbocycles. The number of fused-ring (bicyclic) bond motifs is 1. The van der Waals surface area contributed by atoms with E-state index in [4.69, 9.17) is 16.3 Å². The van der Waals surface area contributed by atoms with E-state index in [1.807, 2.05) is 0 Å². The van der Waals surface area contributed by atoms with Crippen LogP contribution in [-0.2, 0) is 9.53 Å². The second-order valence-electron chi connectivity index (χ2n) is 5.38. The summed E-state index contributed by atoms with van der Waals surface area (Å²) in [4.78, 5) is 24.2. The van der Waals surface area contributed by atoms with Crippen LogP contribution < -0.4 is 10.1 Å². The van der Waals surface area contributed by atoms with E-state index in [9.17, 15) is 22.8 Å². The summed E-state index contributed by atoms with van der Waals surface area (Å²) in [7, 11) is 0. The molecule has 146 valence electrons. The third-order valence-electron chi connectivity index (χ3n) is 3.49. The van der Waals surface area contributed by atoms with Gasteiger partial charge in [-0.05, 0) is 30.3 Å². The molecule has 28 heavy (non-hydrogen) atoms. The average molecular weight is 430 g/mol. The van der Waals surface area contributed by atoms with Crippen LogP contribution in [0, 0.1) is 5.82 Å². The molecule has 0 aliphatic rings. The zero-order chi connectivity index (χ0) is 20.3. The smallest absolute Gasteiger partial charge is 0.387 e. The number of anilines is 1. The number of carbonyl (C=O) groups excluding carboxylic acids is 2. The van der Waals surface area contributed by atoms with E-state index in [2.05, 4.69) is 10.1 Å². The van der Waals surface area contributed by atoms with Crippen molar-refractivity contribution in [3.8, 4) is 5.75 Å². The topological polar surface area (TPSA) is 64.6 Å². The fraction of sp³-hybridized carbons (Fsp3) is 0.111. The Morgan fingerprint density at radius 1 is 1.18 bits per heavy atom. The summed E-state index contributed by atoms with van der Waals surface area (Å²) in [5.41, 5.74) is -0.000723. The van der Waals surface area contributed by atoms with Gasteiger partial charge in [-0.25, -0.2) is 9.18 Å². The van der Waals surface area contributed by atoms with Crippen LogP contribution >= 0.6 is 22.9 Å². The Labute approximate surface area is 165 Å². The van der Waals surface area contributed by atoms with Gasteiger partial charge in [0.15, 0.2) is 6.61 Å². The number of rotatable bonds is 6. The van der Waals surface area contributed by atoms with E-state index in [1.54, 1.807) is 0 Å². The number of halogens is 4. The standard InChI is InChI=1S/C18H11ClF3NO4S/c19-15-10-6-5-9(20)7-13(10)28-16(15)17(25)26-8-14(24)23-11-3-1-2-4-12(11)27-18(21)22/h1-7,18H,8H2,(H,23,24). The molecule has 5 nitrogen and oxygen atoms in total. The number of nitrogens with one attached hydrogen (secondary N) is 1. The number of amides is 1. The minimum atomic E-state index is -3.06. The number of benzene rings is 2. The first kappa shape index (κ1) is 20.0. The zero-order valence-electron chi connectivity index (χ0n) is 13.9. The molecule has 0 fully saturated rings. The second-order valence-corrected chi connectivity index (χ2v) is 6.81. The van der Waals surface area contributed by atoms with Crippen molar-refractivity contribution in [2.24, 2.45) is 0 Å². The predicted octanol–water partition coefficient (Wildman–Crippen LogP) is 5.09. The van der Waals surface area contributed by atoms with Gasteiger partial charge in [-0.15, -0.1) is 11.3 Å². The van der Waals surface area contributed by atoms with Crippen molar-refractivity contribution in [1.29, 1.82) is 0 Å². The Kier molecular flexibility index (Phi) is 6.05. The van der Waals surface area contributed by atoms with Crippen molar-refractivity contribution >= 4 is 50.6 Å². The van der Waals surface area contributed by atoms with Crippen molar-refractivity contribution in [3.63, 3.8) is 0 Å². The molecule has 0 radical (unpaired) electrons.